The van der Waals surface area contributed by atoms with Gasteiger partial charge < -0.3 is 9.15 Å². The molecule has 1 heterocycles. The van der Waals surface area contributed by atoms with Gasteiger partial charge in [0, 0.05) is 10.6 Å². The molecule has 110 valence electrons. The highest BCUT2D eigenvalue weighted by atomic mass is 35.5. The summed E-state index contributed by atoms with van der Waals surface area (Å²) in [5.74, 6) is 0.0686. The third kappa shape index (κ3) is 3.35. The van der Waals surface area contributed by atoms with Gasteiger partial charge in [0.2, 0.25) is 5.89 Å². The SMILES string of the molecule is O=C(OCc1coc(-c2ccccc2)n1)c1ccc(Cl)cc1. The maximum Gasteiger partial charge on any atom is 0.338 e. The molecule has 22 heavy (non-hydrogen) atoms. The Morgan fingerprint density at radius 2 is 1.82 bits per heavy atom. The lowest BCUT2D eigenvalue weighted by Crippen LogP contribution is -2.05. The Balaban J connectivity index is 1.64. The lowest BCUT2D eigenvalue weighted by atomic mass is 10.2. The van der Waals surface area contributed by atoms with Gasteiger partial charge in [-0.3, -0.25) is 0 Å². The van der Waals surface area contributed by atoms with Crippen LogP contribution in [0.3, 0.4) is 0 Å². The lowest BCUT2D eigenvalue weighted by molar-refractivity contribution is 0.0468. The number of rotatable bonds is 4. The molecule has 0 amide bonds. The molecule has 0 bridgehead atoms. The van der Waals surface area contributed by atoms with Crippen molar-refractivity contribution in [1.82, 2.24) is 4.98 Å². The van der Waals surface area contributed by atoms with Crippen molar-refractivity contribution in [3.05, 3.63) is 77.1 Å². The third-order valence-electron chi connectivity index (χ3n) is 3.00. The molecule has 0 aliphatic carbocycles. The van der Waals surface area contributed by atoms with Crippen molar-refractivity contribution in [1.29, 1.82) is 0 Å². The number of oxazole rings is 1. The molecule has 0 atom stereocenters. The van der Waals surface area contributed by atoms with Crippen LogP contribution in [0.15, 0.2) is 65.3 Å². The summed E-state index contributed by atoms with van der Waals surface area (Å²) in [6.45, 7) is 0.0534. The second kappa shape index (κ2) is 6.45. The first-order chi connectivity index (χ1) is 10.7. The van der Waals surface area contributed by atoms with E-state index in [1.165, 1.54) is 6.26 Å². The molecule has 0 saturated heterocycles. The van der Waals surface area contributed by atoms with Crippen molar-refractivity contribution in [3.8, 4) is 11.5 Å². The van der Waals surface area contributed by atoms with Crippen molar-refractivity contribution in [2.24, 2.45) is 0 Å². The fourth-order valence-corrected chi connectivity index (χ4v) is 2.02. The van der Waals surface area contributed by atoms with Crippen LogP contribution in [0.25, 0.3) is 11.5 Å². The third-order valence-corrected chi connectivity index (χ3v) is 3.26. The van der Waals surface area contributed by atoms with Gasteiger partial charge in [-0.2, -0.15) is 0 Å². The smallest absolute Gasteiger partial charge is 0.338 e. The zero-order valence-electron chi connectivity index (χ0n) is 11.5. The summed E-state index contributed by atoms with van der Waals surface area (Å²) >= 11 is 5.78. The van der Waals surface area contributed by atoms with E-state index in [4.69, 9.17) is 20.8 Å². The predicted octanol–water partition coefficient (Wildman–Crippen LogP) is 4.35. The molecule has 5 heteroatoms. The molecule has 0 saturated carbocycles. The van der Waals surface area contributed by atoms with E-state index >= 15 is 0 Å². The van der Waals surface area contributed by atoms with Gasteiger partial charge >= 0.3 is 5.97 Å². The Kier molecular flexibility index (Phi) is 4.21. The summed E-state index contributed by atoms with van der Waals surface area (Å²) in [6, 6.07) is 16.0. The Hall–Kier alpha value is -2.59. The minimum absolute atomic E-state index is 0.0534. The number of halogens is 1. The van der Waals surface area contributed by atoms with Gasteiger partial charge in [0.15, 0.2) is 0 Å². The molecule has 0 N–H and O–H groups in total. The molecule has 0 spiro atoms. The Morgan fingerprint density at radius 3 is 2.55 bits per heavy atom. The first kappa shape index (κ1) is 14.4. The molecule has 0 unspecified atom stereocenters. The number of benzene rings is 2. The number of esters is 1. The van der Waals surface area contributed by atoms with Crippen LogP contribution in [-0.4, -0.2) is 11.0 Å². The number of aromatic nitrogens is 1. The maximum absolute atomic E-state index is 11.9. The zero-order chi connectivity index (χ0) is 15.4. The lowest BCUT2D eigenvalue weighted by Gasteiger charge is -2.02. The van der Waals surface area contributed by atoms with Gasteiger partial charge in [0.1, 0.15) is 18.6 Å². The molecule has 0 fully saturated rings. The first-order valence-corrected chi connectivity index (χ1v) is 7.03. The predicted molar refractivity (Wildman–Crippen MR) is 82.5 cm³/mol. The molecule has 1 aromatic heterocycles. The van der Waals surface area contributed by atoms with Crippen LogP contribution in [0, 0.1) is 0 Å². The van der Waals surface area contributed by atoms with Crippen LogP contribution < -0.4 is 0 Å². The Labute approximate surface area is 132 Å². The molecule has 0 aliphatic rings. The van der Waals surface area contributed by atoms with E-state index in [-0.39, 0.29) is 6.61 Å². The number of carbonyl (C=O) groups is 1. The van der Waals surface area contributed by atoms with E-state index in [1.54, 1.807) is 24.3 Å². The molecular formula is C17H12ClNO3. The molecule has 2 aromatic carbocycles. The van der Waals surface area contributed by atoms with E-state index in [0.717, 1.165) is 5.56 Å². The largest absolute Gasteiger partial charge is 0.455 e. The fourth-order valence-electron chi connectivity index (χ4n) is 1.90. The van der Waals surface area contributed by atoms with Gasteiger partial charge in [-0.15, -0.1) is 0 Å². The van der Waals surface area contributed by atoms with Gasteiger partial charge in [0.25, 0.3) is 0 Å². The molecule has 0 radical (unpaired) electrons. The van der Waals surface area contributed by atoms with Crippen LogP contribution in [0.5, 0.6) is 0 Å². The van der Waals surface area contributed by atoms with Crippen LogP contribution >= 0.6 is 11.6 Å². The molecule has 4 nitrogen and oxygen atoms in total. The number of hydrogen-bond donors (Lipinski definition) is 0. The molecule has 3 aromatic rings. The maximum atomic E-state index is 11.9. The first-order valence-electron chi connectivity index (χ1n) is 6.65. The number of nitrogens with zero attached hydrogens (tertiary/aromatic N) is 1. The Morgan fingerprint density at radius 1 is 1.09 bits per heavy atom. The van der Waals surface area contributed by atoms with E-state index in [0.29, 0.717) is 22.2 Å². The highest BCUT2D eigenvalue weighted by Crippen LogP contribution is 2.18. The van der Waals surface area contributed by atoms with E-state index < -0.39 is 5.97 Å². The summed E-state index contributed by atoms with van der Waals surface area (Å²) in [7, 11) is 0. The molecule has 3 rings (SSSR count). The topological polar surface area (TPSA) is 52.3 Å². The standard InChI is InChI=1S/C17H12ClNO3/c18-14-8-6-13(7-9-14)17(20)22-11-15-10-21-16(19-15)12-4-2-1-3-5-12/h1-10H,11H2. The van der Waals surface area contributed by atoms with Crippen molar-refractivity contribution in [2.75, 3.05) is 0 Å². The summed E-state index contributed by atoms with van der Waals surface area (Å²) in [5, 5.41) is 0.570. The van der Waals surface area contributed by atoms with Gasteiger partial charge in [-0.25, -0.2) is 9.78 Å². The summed E-state index contributed by atoms with van der Waals surface area (Å²) in [4.78, 5) is 16.2. The van der Waals surface area contributed by atoms with Crippen LogP contribution in [0.1, 0.15) is 16.1 Å². The summed E-state index contributed by atoms with van der Waals surface area (Å²) in [6.07, 6.45) is 1.48. The number of carbonyl (C=O) groups excluding carboxylic acids is 1. The average Bonchev–Trinajstić information content (AvgIpc) is 3.03. The van der Waals surface area contributed by atoms with Gasteiger partial charge in [-0.1, -0.05) is 29.8 Å². The summed E-state index contributed by atoms with van der Waals surface area (Å²) < 4.78 is 10.6. The van der Waals surface area contributed by atoms with Gasteiger partial charge in [0.05, 0.1) is 5.56 Å². The van der Waals surface area contributed by atoms with Crippen LogP contribution in [-0.2, 0) is 11.3 Å². The second-order valence-corrected chi connectivity index (χ2v) is 5.03. The molecular weight excluding hydrogens is 302 g/mol. The van der Waals surface area contributed by atoms with Crippen molar-refractivity contribution < 1.29 is 13.9 Å². The van der Waals surface area contributed by atoms with Crippen molar-refractivity contribution in [2.45, 2.75) is 6.61 Å². The Bertz CT molecular complexity index is 766. The van der Waals surface area contributed by atoms with E-state index in [2.05, 4.69) is 4.98 Å². The highest BCUT2D eigenvalue weighted by molar-refractivity contribution is 6.30. The average molecular weight is 314 g/mol. The summed E-state index contributed by atoms with van der Waals surface area (Å²) in [5.41, 5.74) is 1.87. The number of hydrogen-bond acceptors (Lipinski definition) is 4. The highest BCUT2D eigenvalue weighted by Gasteiger charge is 2.10. The van der Waals surface area contributed by atoms with Crippen molar-refractivity contribution >= 4 is 17.6 Å². The second-order valence-electron chi connectivity index (χ2n) is 4.59. The zero-order valence-corrected chi connectivity index (χ0v) is 12.3. The quantitative estimate of drug-likeness (QED) is 0.672. The monoisotopic (exact) mass is 313 g/mol. The van der Waals surface area contributed by atoms with Crippen molar-refractivity contribution in [3.63, 3.8) is 0 Å². The van der Waals surface area contributed by atoms with E-state index in [1.807, 2.05) is 30.3 Å². The normalized spacial score (nSPS) is 10.4. The number of ether oxygens (including phenoxy) is 1. The minimum atomic E-state index is -0.430. The molecule has 0 aliphatic heterocycles. The minimum Gasteiger partial charge on any atom is -0.455 e. The van der Waals surface area contributed by atoms with Crippen LogP contribution in [0.4, 0.5) is 0 Å². The fraction of sp³-hybridized carbons (Fsp3) is 0.0588. The van der Waals surface area contributed by atoms with E-state index in [9.17, 15) is 4.79 Å². The van der Waals surface area contributed by atoms with Crippen LogP contribution in [0.2, 0.25) is 5.02 Å². The van der Waals surface area contributed by atoms with Gasteiger partial charge in [-0.05, 0) is 36.4 Å².